The van der Waals surface area contributed by atoms with E-state index in [1.165, 1.54) is 0 Å². The molecular formula is C9H14N6O2. The molecule has 1 fully saturated rings. The van der Waals surface area contributed by atoms with Crippen LogP contribution in [0.5, 0.6) is 0 Å². The Labute approximate surface area is 97.8 Å². The van der Waals surface area contributed by atoms with E-state index in [4.69, 9.17) is 0 Å². The number of aromatic amines is 1. The predicted molar refractivity (Wildman–Crippen MR) is 56.9 cm³/mol. The highest BCUT2D eigenvalue weighted by molar-refractivity contribution is 5.90. The first-order valence-corrected chi connectivity index (χ1v) is 5.57. The summed E-state index contributed by atoms with van der Waals surface area (Å²) in [5.74, 6) is -0.359. The number of carbonyl (C=O) groups excluding carboxylic acids is 2. The van der Waals surface area contributed by atoms with Gasteiger partial charge in [0.05, 0.1) is 0 Å². The van der Waals surface area contributed by atoms with E-state index >= 15 is 0 Å². The third-order valence-corrected chi connectivity index (χ3v) is 2.63. The molecule has 0 aromatic carbocycles. The van der Waals surface area contributed by atoms with Crippen molar-refractivity contribution in [3.8, 4) is 0 Å². The molecule has 92 valence electrons. The minimum atomic E-state index is -0.423. The average Bonchev–Trinajstić information content (AvgIpc) is 3.02. The van der Waals surface area contributed by atoms with Gasteiger partial charge in [-0.15, -0.1) is 10.2 Å². The van der Waals surface area contributed by atoms with Gasteiger partial charge >= 0.3 is 0 Å². The van der Waals surface area contributed by atoms with Crippen LogP contribution in [-0.2, 0) is 4.79 Å². The van der Waals surface area contributed by atoms with Crippen LogP contribution >= 0.6 is 0 Å². The fourth-order valence-electron chi connectivity index (χ4n) is 1.74. The maximum absolute atomic E-state index is 11.6. The lowest BCUT2D eigenvalue weighted by Crippen LogP contribution is -2.33. The van der Waals surface area contributed by atoms with Crippen molar-refractivity contribution in [1.82, 2.24) is 30.8 Å². The molecular weight excluding hydrogens is 224 g/mol. The first kappa shape index (κ1) is 11.5. The highest BCUT2D eigenvalue weighted by Gasteiger charge is 2.18. The SMILES string of the molecule is O=C(NCCC(=O)N1CCCC1)c1nn[nH]n1. The second-order valence-corrected chi connectivity index (χ2v) is 3.83. The van der Waals surface area contributed by atoms with Crippen LogP contribution in [0, 0.1) is 0 Å². The molecule has 2 heterocycles. The Morgan fingerprint density at radius 1 is 1.35 bits per heavy atom. The van der Waals surface area contributed by atoms with E-state index in [1.54, 1.807) is 0 Å². The Morgan fingerprint density at radius 2 is 2.12 bits per heavy atom. The maximum Gasteiger partial charge on any atom is 0.292 e. The smallest absolute Gasteiger partial charge is 0.292 e. The van der Waals surface area contributed by atoms with Crippen LogP contribution in [0.25, 0.3) is 0 Å². The molecule has 0 saturated carbocycles. The van der Waals surface area contributed by atoms with Crippen molar-refractivity contribution in [2.45, 2.75) is 19.3 Å². The zero-order chi connectivity index (χ0) is 12.1. The Kier molecular flexibility index (Phi) is 3.63. The molecule has 0 aliphatic carbocycles. The van der Waals surface area contributed by atoms with Gasteiger partial charge in [0.15, 0.2) is 0 Å². The number of nitrogens with zero attached hydrogens (tertiary/aromatic N) is 4. The fourth-order valence-corrected chi connectivity index (χ4v) is 1.74. The lowest BCUT2D eigenvalue weighted by molar-refractivity contribution is -0.129. The van der Waals surface area contributed by atoms with Crippen molar-refractivity contribution in [3.63, 3.8) is 0 Å². The number of hydrogen-bond acceptors (Lipinski definition) is 5. The van der Waals surface area contributed by atoms with Gasteiger partial charge in [0.1, 0.15) is 0 Å². The lowest BCUT2D eigenvalue weighted by Gasteiger charge is -2.14. The van der Waals surface area contributed by atoms with E-state index in [9.17, 15) is 9.59 Å². The van der Waals surface area contributed by atoms with Gasteiger partial charge in [-0.05, 0) is 18.1 Å². The number of hydrogen-bond donors (Lipinski definition) is 2. The predicted octanol–water partition coefficient (Wildman–Crippen LogP) is -1.06. The molecule has 0 bridgehead atoms. The van der Waals surface area contributed by atoms with E-state index in [-0.39, 0.29) is 11.7 Å². The van der Waals surface area contributed by atoms with E-state index < -0.39 is 5.91 Å². The molecule has 1 saturated heterocycles. The van der Waals surface area contributed by atoms with E-state index in [2.05, 4.69) is 25.9 Å². The van der Waals surface area contributed by atoms with Crippen LogP contribution in [0.15, 0.2) is 0 Å². The highest BCUT2D eigenvalue weighted by atomic mass is 16.2. The van der Waals surface area contributed by atoms with Crippen LogP contribution in [0.3, 0.4) is 0 Å². The van der Waals surface area contributed by atoms with Crippen LogP contribution < -0.4 is 5.32 Å². The second-order valence-electron chi connectivity index (χ2n) is 3.83. The van der Waals surface area contributed by atoms with Gasteiger partial charge < -0.3 is 10.2 Å². The zero-order valence-corrected chi connectivity index (χ0v) is 9.35. The van der Waals surface area contributed by atoms with Gasteiger partial charge in [0.2, 0.25) is 5.91 Å². The molecule has 2 N–H and O–H groups in total. The number of aromatic nitrogens is 4. The molecule has 1 aliphatic rings. The summed E-state index contributed by atoms with van der Waals surface area (Å²) in [7, 11) is 0. The van der Waals surface area contributed by atoms with Crippen molar-refractivity contribution in [3.05, 3.63) is 5.82 Å². The second kappa shape index (κ2) is 5.37. The van der Waals surface area contributed by atoms with Crippen LogP contribution in [0.4, 0.5) is 0 Å². The number of H-pyrrole nitrogens is 1. The Morgan fingerprint density at radius 3 is 2.76 bits per heavy atom. The average molecular weight is 238 g/mol. The van der Waals surface area contributed by atoms with Gasteiger partial charge in [-0.2, -0.15) is 5.21 Å². The summed E-state index contributed by atoms with van der Waals surface area (Å²) in [6.07, 6.45) is 2.45. The number of amides is 2. The van der Waals surface area contributed by atoms with Crippen molar-refractivity contribution in [1.29, 1.82) is 0 Å². The minimum absolute atomic E-state index is 0.0152. The Balaban J connectivity index is 1.69. The van der Waals surface area contributed by atoms with Crippen molar-refractivity contribution in [2.75, 3.05) is 19.6 Å². The summed E-state index contributed by atoms with van der Waals surface area (Å²) < 4.78 is 0. The van der Waals surface area contributed by atoms with Gasteiger partial charge in [-0.25, -0.2) is 0 Å². The number of likely N-dealkylation sites (tertiary alicyclic amines) is 1. The molecule has 1 aliphatic heterocycles. The van der Waals surface area contributed by atoms with Crippen LogP contribution in [0.2, 0.25) is 0 Å². The first-order chi connectivity index (χ1) is 8.27. The normalized spacial score (nSPS) is 14.9. The third-order valence-electron chi connectivity index (χ3n) is 2.63. The third kappa shape index (κ3) is 2.99. The van der Waals surface area contributed by atoms with Crippen LogP contribution in [0.1, 0.15) is 29.9 Å². The van der Waals surface area contributed by atoms with E-state index in [0.717, 1.165) is 25.9 Å². The minimum Gasteiger partial charge on any atom is -0.349 e. The van der Waals surface area contributed by atoms with E-state index in [1.807, 2.05) is 4.90 Å². The standard InChI is InChI=1S/C9H14N6O2/c16-7(15-5-1-2-6-15)3-4-10-9(17)8-11-13-14-12-8/h1-6H2,(H,10,17)(H,11,12,13,14). The topological polar surface area (TPSA) is 104 Å². The number of nitrogens with one attached hydrogen (secondary N) is 2. The summed E-state index contributed by atoms with van der Waals surface area (Å²) in [4.78, 5) is 24.8. The summed E-state index contributed by atoms with van der Waals surface area (Å²) in [6, 6.07) is 0. The molecule has 2 rings (SSSR count). The zero-order valence-electron chi connectivity index (χ0n) is 9.35. The lowest BCUT2D eigenvalue weighted by atomic mass is 10.3. The van der Waals surface area contributed by atoms with Gasteiger partial charge in [-0.3, -0.25) is 9.59 Å². The number of rotatable bonds is 4. The largest absolute Gasteiger partial charge is 0.349 e. The molecule has 1 aromatic heterocycles. The van der Waals surface area contributed by atoms with Crippen molar-refractivity contribution >= 4 is 11.8 Å². The molecule has 2 amide bonds. The molecule has 0 radical (unpaired) electrons. The molecule has 0 atom stereocenters. The molecule has 8 heteroatoms. The highest BCUT2D eigenvalue weighted by Crippen LogP contribution is 2.08. The molecule has 1 aromatic rings. The number of carbonyl (C=O) groups is 2. The summed E-state index contributed by atoms with van der Waals surface area (Å²) in [6.45, 7) is 1.96. The van der Waals surface area contributed by atoms with Gasteiger partial charge in [0, 0.05) is 26.1 Å². The van der Waals surface area contributed by atoms with Crippen LogP contribution in [-0.4, -0.2) is 57.0 Å². The summed E-state index contributed by atoms with van der Waals surface area (Å²) in [5, 5.41) is 15.1. The number of tetrazole rings is 1. The first-order valence-electron chi connectivity index (χ1n) is 5.57. The summed E-state index contributed by atoms with van der Waals surface area (Å²) in [5.41, 5.74) is 0. The van der Waals surface area contributed by atoms with Crippen molar-refractivity contribution in [2.24, 2.45) is 0 Å². The molecule has 8 nitrogen and oxygen atoms in total. The molecule has 0 unspecified atom stereocenters. The van der Waals surface area contributed by atoms with Gasteiger partial charge in [0.25, 0.3) is 11.7 Å². The van der Waals surface area contributed by atoms with Gasteiger partial charge in [-0.1, -0.05) is 0 Å². The monoisotopic (exact) mass is 238 g/mol. The fraction of sp³-hybridized carbons (Fsp3) is 0.667. The Bertz CT molecular complexity index is 384. The maximum atomic E-state index is 11.6. The molecule has 0 spiro atoms. The molecule has 17 heavy (non-hydrogen) atoms. The van der Waals surface area contributed by atoms with Crippen molar-refractivity contribution < 1.29 is 9.59 Å². The Hall–Kier alpha value is -1.99. The summed E-state index contributed by atoms with van der Waals surface area (Å²) >= 11 is 0. The van der Waals surface area contributed by atoms with E-state index in [0.29, 0.717) is 13.0 Å². The quantitative estimate of drug-likeness (QED) is 0.696.